The zero-order valence-corrected chi connectivity index (χ0v) is 14.3. The van der Waals surface area contributed by atoms with E-state index in [0.717, 1.165) is 11.1 Å². The van der Waals surface area contributed by atoms with E-state index in [0.29, 0.717) is 19.0 Å². The van der Waals surface area contributed by atoms with Gasteiger partial charge in [0.15, 0.2) is 5.96 Å². The molecule has 2 heterocycles. The summed E-state index contributed by atoms with van der Waals surface area (Å²) in [5.41, 5.74) is 1.80. The SMILES string of the molecule is CN=C(NCc1ccoc1)NCC(O)c1cnn(C)c1.I. The third-order valence-corrected chi connectivity index (χ3v) is 2.84. The number of aliphatic imine (C=N–C) groups is 1. The molecule has 1 unspecified atom stereocenters. The molecule has 0 aromatic carbocycles. The van der Waals surface area contributed by atoms with Crippen molar-refractivity contribution < 1.29 is 9.52 Å². The van der Waals surface area contributed by atoms with Crippen LogP contribution in [0.4, 0.5) is 0 Å². The molecular weight excluding hydrogens is 385 g/mol. The minimum absolute atomic E-state index is 0. The molecule has 2 rings (SSSR count). The Labute approximate surface area is 140 Å². The Hall–Kier alpha value is -1.55. The molecule has 2 aromatic heterocycles. The van der Waals surface area contributed by atoms with Crippen LogP contribution in [0.3, 0.4) is 0 Å². The summed E-state index contributed by atoms with van der Waals surface area (Å²) >= 11 is 0. The average Bonchev–Trinajstić information content (AvgIpc) is 3.10. The van der Waals surface area contributed by atoms with Crippen molar-refractivity contribution in [3.8, 4) is 0 Å². The quantitative estimate of drug-likeness (QED) is 0.393. The minimum atomic E-state index is -0.629. The van der Waals surface area contributed by atoms with E-state index in [9.17, 15) is 5.11 Å². The number of furan rings is 1. The number of aliphatic hydroxyl groups excluding tert-OH is 1. The van der Waals surface area contributed by atoms with E-state index in [-0.39, 0.29) is 24.0 Å². The second-order valence-corrected chi connectivity index (χ2v) is 4.40. The summed E-state index contributed by atoms with van der Waals surface area (Å²) in [6.07, 6.45) is 6.10. The van der Waals surface area contributed by atoms with Crippen LogP contribution in [0.5, 0.6) is 0 Å². The van der Waals surface area contributed by atoms with Crippen molar-refractivity contribution in [2.24, 2.45) is 12.0 Å². The van der Waals surface area contributed by atoms with Gasteiger partial charge in [-0.25, -0.2) is 0 Å². The first-order valence-electron chi connectivity index (χ1n) is 6.31. The lowest BCUT2D eigenvalue weighted by atomic mass is 10.2. The molecule has 3 N–H and O–H groups in total. The Balaban J connectivity index is 0.00000220. The van der Waals surface area contributed by atoms with Gasteiger partial charge in [-0.1, -0.05) is 0 Å². The van der Waals surface area contributed by atoms with E-state index in [4.69, 9.17) is 4.42 Å². The summed E-state index contributed by atoms with van der Waals surface area (Å²) in [6.45, 7) is 0.968. The molecule has 1 atom stereocenters. The van der Waals surface area contributed by atoms with Gasteiger partial charge in [-0.05, 0) is 6.07 Å². The number of aromatic nitrogens is 2. The van der Waals surface area contributed by atoms with Crippen LogP contribution in [0.15, 0.2) is 40.4 Å². The summed E-state index contributed by atoms with van der Waals surface area (Å²) in [6, 6.07) is 1.88. The van der Waals surface area contributed by atoms with Crippen LogP contribution in [0.1, 0.15) is 17.2 Å². The second kappa shape index (κ2) is 8.67. The monoisotopic (exact) mass is 405 g/mol. The van der Waals surface area contributed by atoms with Crippen LogP contribution in [0, 0.1) is 0 Å². The van der Waals surface area contributed by atoms with Gasteiger partial charge in [-0.2, -0.15) is 5.10 Å². The molecule has 0 saturated carbocycles. The molecule has 2 aromatic rings. The molecule has 0 radical (unpaired) electrons. The lowest BCUT2D eigenvalue weighted by Gasteiger charge is -2.14. The van der Waals surface area contributed by atoms with E-state index in [1.165, 1.54) is 0 Å². The molecule has 8 heteroatoms. The minimum Gasteiger partial charge on any atom is -0.472 e. The van der Waals surface area contributed by atoms with Gasteiger partial charge in [0, 0.05) is 44.5 Å². The van der Waals surface area contributed by atoms with Crippen LogP contribution in [0.25, 0.3) is 0 Å². The highest BCUT2D eigenvalue weighted by Crippen LogP contribution is 2.09. The van der Waals surface area contributed by atoms with Crippen LogP contribution in [-0.2, 0) is 13.6 Å². The zero-order chi connectivity index (χ0) is 14.4. The van der Waals surface area contributed by atoms with Crippen molar-refractivity contribution in [3.63, 3.8) is 0 Å². The number of hydrogen-bond donors (Lipinski definition) is 3. The zero-order valence-electron chi connectivity index (χ0n) is 12.0. The molecule has 21 heavy (non-hydrogen) atoms. The van der Waals surface area contributed by atoms with Crippen molar-refractivity contribution >= 4 is 29.9 Å². The first-order valence-corrected chi connectivity index (χ1v) is 6.31. The van der Waals surface area contributed by atoms with Crippen molar-refractivity contribution in [3.05, 3.63) is 42.1 Å². The molecule has 0 fully saturated rings. The molecule has 0 bridgehead atoms. The Morgan fingerprint density at radius 3 is 2.90 bits per heavy atom. The molecule has 0 amide bonds. The van der Waals surface area contributed by atoms with Gasteiger partial charge in [-0.3, -0.25) is 9.67 Å². The summed E-state index contributed by atoms with van der Waals surface area (Å²) in [7, 11) is 3.50. The van der Waals surface area contributed by atoms with Gasteiger partial charge in [0.2, 0.25) is 0 Å². The van der Waals surface area contributed by atoms with E-state index in [1.807, 2.05) is 13.1 Å². The lowest BCUT2D eigenvalue weighted by molar-refractivity contribution is 0.180. The van der Waals surface area contributed by atoms with Gasteiger partial charge in [0.05, 0.1) is 24.8 Å². The first kappa shape index (κ1) is 17.5. The molecule has 0 aliphatic heterocycles. The Morgan fingerprint density at radius 1 is 1.52 bits per heavy atom. The fourth-order valence-electron chi connectivity index (χ4n) is 1.72. The third-order valence-electron chi connectivity index (χ3n) is 2.84. The summed E-state index contributed by atoms with van der Waals surface area (Å²) in [4.78, 5) is 4.09. The maximum Gasteiger partial charge on any atom is 0.191 e. The number of nitrogens with zero attached hydrogens (tertiary/aromatic N) is 3. The predicted octanol–water partition coefficient (Wildman–Crippen LogP) is 1.03. The second-order valence-electron chi connectivity index (χ2n) is 4.40. The molecule has 0 aliphatic carbocycles. The van der Waals surface area contributed by atoms with Crippen LogP contribution < -0.4 is 10.6 Å². The average molecular weight is 405 g/mol. The number of guanidine groups is 1. The van der Waals surface area contributed by atoms with Gasteiger partial charge in [0.25, 0.3) is 0 Å². The maximum absolute atomic E-state index is 10.0. The highest BCUT2D eigenvalue weighted by Gasteiger charge is 2.10. The largest absolute Gasteiger partial charge is 0.472 e. The number of aryl methyl sites for hydroxylation is 1. The van der Waals surface area contributed by atoms with Gasteiger partial charge in [0.1, 0.15) is 0 Å². The summed E-state index contributed by atoms with van der Waals surface area (Å²) in [5.74, 6) is 0.620. The Kier molecular flexibility index (Phi) is 7.23. The topological polar surface area (TPSA) is 87.6 Å². The van der Waals surface area contributed by atoms with Gasteiger partial charge in [-0.15, -0.1) is 24.0 Å². The predicted molar refractivity (Wildman–Crippen MR) is 90.5 cm³/mol. The van der Waals surface area contributed by atoms with Gasteiger partial charge >= 0.3 is 0 Å². The van der Waals surface area contributed by atoms with Crippen LogP contribution in [0.2, 0.25) is 0 Å². The summed E-state index contributed by atoms with van der Waals surface area (Å²) < 4.78 is 6.65. The van der Waals surface area contributed by atoms with Crippen molar-refractivity contribution in [1.82, 2.24) is 20.4 Å². The number of rotatable bonds is 5. The van der Waals surface area contributed by atoms with E-state index < -0.39 is 6.10 Å². The number of hydrogen-bond acceptors (Lipinski definition) is 4. The van der Waals surface area contributed by atoms with Gasteiger partial charge < -0.3 is 20.2 Å². The molecule has 116 valence electrons. The Bertz CT molecular complexity index is 553. The van der Waals surface area contributed by atoms with Crippen LogP contribution in [-0.4, -0.2) is 34.4 Å². The standard InChI is InChI=1S/C13H19N5O2.HI/c1-14-13(15-5-10-3-4-20-9-10)16-7-12(19)11-6-17-18(2)8-11;/h3-4,6,8-9,12,19H,5,7H2,1-2H3,(H2,14,15,16);1H. The van der Waals surface area contributed by atoms with Crippen LogP contribution >= 0.6 is 24.0 Å². The first-order chi connectivity index (χ1) is 9.69. The third kappa shape index (κ3) is 5.38. The maximum atomic E-state index is 10.0. The van der Waals surface area contributed by atoms with E-state index in [2.05, 4.69) is 20.7 Å². The number of halogens is 1. The van der Waals surface area contributed by atoms with Crippen molar-refractivity contribution in [2.45, 2.75) is 12.6 Å². The normalized spacial score (nSPS) is 12.6. The van der Waals surface area contributed by atoms with E-state index >= 15 is 0 Å². The molecular formula is C13H20IN5O2. The van der Waals surface area contributed by atoms with E-state index in [1.54, 1.807) is 36.6 Å². The smallest absolute Gasteiger partial charge is 0.191 e. The molecule has 0 spiro atoms. The van der Waals surface area contributed by atoms with Crippen molar-refractivity contribution in [2.75, 3.05) is 13.6 Å². The number of nitrogens with one attached hydrogen (secondary N) is 2. The molecule has 0 aliphatic rings. The molecule has 0 saturated heterocycles. The lowest BCUT2D eigenvalue weighted by Crippen LogP contribution is -2.38. The highest BCUT2D eigenvalue weighted by atomic mass is 127. The van der Waals surface area contributed by atoms with Crippen molar-refractivity contribution in [1.29, 1.82) is 0 Å². The number of aliphatic hydroxyl groups is 1. The fraction of sp³-hybridized carbons (Fsp3) is 0.385. The highest BCUT2D eigenvalue weighted by molar-refractivity contribution is 14.0. The fourth-order valence-corrected chi connectivity index (χ4v) is 1.72. The Morgan fingerprint density at radius 2 is 2.33 bits per heavy atom. The molecule has 7 nitrogen and oxygen atoms in total. The summed E-state index contributed by atoms with van der Waals surface area (Å²) in [5, 5.41) is 20.2.